The van der Waals surface area contributed by atoms with Crippen molar-refractivity contribution in [2.24, 2.45) is 0 Å². The van der Waals surface area contributed by atoms with Crippen LogP contribution in [-0.2, 0) is 16.6 Å². The zero-order valence-electron chi connectivity index (χ0n) is 10.00. The van der Waals surface area contributed by atoms with Crippen LogP contribution in [0.25, 0.3) is 0 Å². The van der Waals surface area contributed by atoms with Crippen LogP contribution in [0.4, 0.5) is 0 Å². The number of aromatic carboxylic acids is 1. The number of halogens is 1. The van der Waals surface area contributed by atoms with E-state index in [-0.39, 0.29) is 17.0 Å². The Balaban J connectivity index is 2.25. The molecule has 2 rings (SSSR count). The molecule has 0 fully saturated rings. The molecule has 7 nitrogen and oxygen atoms in total. The fourth-order valence-corrected chi connectivity index (χ4v) is 2.92. The third kappa shape index (κ3) is 3.24. The number of sulfonamides is 1. The molecule has 20 heavy (non-hydrogen) atoms. The smallest absolute Gasteiger partial charge is 0.336 e. The van der Waals surface area contributed by atoms with Crippen molar-refractivity contribution in [3.63, 3.8) is 0 Å². The first-order chi connectivity index (χ1) is 9.40. The van der Waals surface area contributed by atoms with E-state index in [0.717, 1.165) is 6.07 Å². The molecule has 0 aliphatic rings. The molecule has 1 aromatic carbocycles. The topological polar surface area (TPSA) is 112 Å². The third-order valence-corrected chi connectivity index (χ3v) is 4.58. The van der Waals surface area contributed by atoms with Gasteiger partial charge >= 0.3 is 5.97 Å². The first kappa shape index (κ1) is 14.7. The van der Waals surface area contributed by atoms with Crippen LogP contribution in [0.3, 0.4) is 0 Å². The molecule has 3 N–H and O–H groups in total. The molecule has 0 spiro atoms. The minimum Gasteiger partial charge on any atom is -0.478 e. The van der Waals surface area contributed by atoms with Gasteiger partial charge in [-0.1, -0.05) is 0 Å². The van der Waals surface area contributed by atoms with Crippen molar-refractivity contribution in [1.29, 1.82) is 0 Å². The Morgan fingerprint density at radius 2 is 2.15 bits per heavy atom. The van der Waals surface area contributed by atoms with E-state index in [9.17, 15) is 13.2 Å². The lowest BCUT2D eigenvalue weighted by Gasteiger charge is -2.07. The van der Waals surface area contributed by atoms with Crippen LogP contribution in [0.1, 0.15) is 16.1 Å². The normalized spacial score (nSPS) is 11.4. The number of benzene rings is 1. The van der Waals surface area contributed by atoms with Crippen molar-refractivity contribution in [3.8, 4) is 0 Å². The van der Waals surface area contributed by atoms with E-state index in [1.807, 2.05) is 0 Å². The van der Waals surface area contributed by atoms with Gasteiger partial charge in [0.1, 0.15) is 0 Å². The summed E-state index contributed by atoms with van der Waals surface area (Å²) in [6.45, 7) is 0.0425. The largest absolute Gasteiger partial charge is 0.478 e. The highest BCUT2D eigenvalue weighted by Gasteiger charge is 2.18. The predicted octanol–water partition coefficient (Wildman–Crippen LogP) is 1.35. The Morgan fingerprint density at radius 3 is 2.75 bits per heavy atom. The lowest BCUT2D eigenvalue weighted by atomic mass is 10.2. The second-order valence-electron chi connectivity index (χ2n) is 3.85. The van der Waals surface area contributed by atoms with Gasteiger partial charge in [0.25, 0.3) is 0 Å². The van der Waals surface area contributed by atoms with E-state index in [1.54, 1.807) is 6.07 Å². The van der Waals surface area contributed by atoms with Gasteiger partial charge in [-0.25, -0.2) is 17.9 Å². The van der Waals surface area contributed by atoms with Crippen molar-refractivity contribution in [2.45, 2.75) is 11.4 Å². The minimum atomic E-state index is -3.79. The van der Waals surface area contributed by atoms with Crippen LogP contribution in [0.2, 0.25) is 0 Å². The maximum absolute atomic E-state index is 12.1. The first-order valence-corrected chi connectivity index (χ1v) is 7.68. The average molecular weight is 360 g/mol. The van der Waals surface area contributed by atoms with E-state index in [0.29, 0.717) is 10.2 Å². The molecule has 0 aliphatic carbocycles. The second kappa shape index (κ2) is 5.73. The quantitative estimate of drug-likeness (QED) is 0.745. The van der Waals surface area contributed by atoms with Gasteiger partial charge in [-0.2, -0.15) is 5.10 Å². The number of carbonyl (C=O) groups is 1. The van der Waals surface area contributed by atoms with E-state index in [2.05, 4.69) is 30.8 Å². The summed E-state index contributed by atoms with van der Waals surface area (Å²) >= 11 is 3.06. The van der Waals surface area contributed by atoms with Crippen molar-refractivity contribution >= 4 is 31.9 Å². The number of nitrogens with zero attached hydrogens (tertiary/aromatic N) is 1. The number of carboxylic acid groups (broad SMARTS) is 1. The van der Waals surface area contributed by atoms with Crippen LogP contribution in [-0.4, -0.2) is 29.7 Å². The summed E-state index contributed by atoms with van der Waals surface area (Å²) in [4.78, 5) is 10.9. The molecule has 0 amide bonds. The standard InChI is InChI=1S/C11H10BrN3O4S/c12-10-2-1-8(5-9(10)11(16)17)20(18,19)14-6-7-3-4-13-15-7/h1-5,14H,6H2,(H,13,15)(H,16,17). The lowest BCUT2D eigenvalue weighted by Crippen LogP contribution is -2.23. The average Bonchev–Trinajstić information content (AvgIpc) is 2.89. The minimum absolute atomic E-state index is 0.0425. The molecular weight excluding hydrogens is 350 g/mol. The van der Waals surface area contributed by atoms with Crippen LogP contribution in [0, 0.1) is 0 Å². The van der Waals surface area contributed by atoms with Gasteiger partial charge in [0.05, 0.1) is 22.7 Å². The molecule has 0 radical (unpaired) electrons. The summed E-state index contributed by atoms with van der Waals surface area (Å²) in [6, 6.07) is 5.44. The maximum Gasteiger partial charge on any atom is 0.336 e. The summed E-state index contributed by atoms with van der Waals surface area (Å²) < 4.78 is 26.8. The van der Waals surface area contributed by atoms with Crippen LogP contribution in [0.5, 0.6) is 0 Å². The highest BCUT2D eigenvalue weighted by atomic mass is 79.9. The summed E-state index contributed by atoms with van der Waals surface area (Å²) in [5, 5.41) is 15.3. The molecule has 2 aromatic rings. The number of aromatic amines is 1. The Hall–Kier alpha value is -1.71. The maximum atomic E-state index is 12.1. The lowest BCUT2D eigenvalue weighted by molar-refractivity contribution is 0.0695. The van der Waals surface area contributed by atoms with Gasteiger partial charge in [0.15, 0.2) is 0 Å². The van der Waals surface area contributed by atoms with Gasteiger partial charge in [0, 0.05) is 10.7 Å². The van der Waals surface area contributed by atoms with Gasteiger partial charge in [-0.05, 0) is 40.2 Å². The highest BCUT2D eigenvalue weighted by Crippen LogP contribution is 2.21. The number of hydrogen-bond acceptors (Lipinski definition) is 4. The van der Waals surface area contributed by atoms with Crippen LogP contribution < -0.4 is 4.72 Å². The van der Waals surface area contributed by atoms with Gasteiger partial charge in [-0.3, -0.25) is 5.10 Å². The molecule has 0 atom stereocenters. The van der Waals surface area contributed by atoms with Crippen LogP contribution >= 0.6 is 15.9 Å². The third-order valence-electron chi connectivity index (χ3n) is 2.49. The molecule has 0 saturated heterocycles. The second-order valence-corrected chi connectivity index (χ2v) is 6.47. The van der Waals surface area contributed by atoms with Gasteiger partial charge in [-0.15, -0.1) is 0 Å². The van der Waals surface area contributed by atoms with Gasteiger partial charge in [0.2, 0.25) is 10.0 Å². The molecule has 0 unspecified atom stereocenters. The summed E-state index contributed by atoms with van der Waals surface area (Å²) in [5.74, 6) is -1.21. The van der Waals surface area contributed by atoms with E-state index >= 15 is 0 Å². The number of H-pyrrole nitrogens is 1. The molecule has 9 heteroatoms. The Bertz CT molecular complexity index is 728. The zero-order chi connectivity index (χ0) is 14.8. The van der Waals surface area contributed by atoms with Crippen molar-refractivity contribution in [3.05, 3.63) is 46.2 Å². The van der Waals surface area contributed by atoms with Crippen LogP contribution in [0.15, 0.2) is 39.8 Å². The molecule has 0 bridgehead atoms. The summed E-state index contributed by atoms with van der Waals surface area (Å²) in [7, 11) is -3.79. The van der Waals surface area contributed by atoms with Crippen molar-refractivity contribution in [2.75, 3.05) is 0 Å². The number of aromatic nitrogens is 2. The van der Waals surface area contributed by atoms with Crippen molar-refractivity contribution < 1.29 is 18.3 Å². The number of hydrogen-bond donors (Lipinski definition) is 3. The Kier molecular flexibility index (Phi) is 4.21. The number of nitrogens with one attached hydrogen (secondary N) is 2. The fourth-order valence-electron chi connectivity index (χ4n) is 1.47. The zero-order valence-corrected chi connectivity index (χ0v) is 12.4. The monoisotopic (exact) mass is 359 g/mol. The Labute approximate surface area is 123 Å². The number of carboxylic acids is 1. The molecule has 1 aromatic heterocycles. The molecule has 106 valence electrons. The molecule has 0 saturated carbocycles. The summed E-state index contributed by atoms with van der Waals surface area (Å²) in [6.07, 6.45) is 1.51. The van der Waals surface area contributed by atoms with Crippen molar-refractivity contribution in [1.82, 2.24) is 14.9 Å². The van der Waals surface area contributed by atoms with E-state index in [4.69, 9.17) is 5.11 Å². The Morgan fingerprint density at radius 1 is 1.40 bits per heavy atom. The SMILES string of the molecule is O=C(O)c1cc(S(=O)(=O)NCc2ccn[nH]2)ccc1Br. The van der Waals surface area contributed by atoms with E-state index in [1.165, 1.54) is 18.3 Å². The molecular formula is C11H10BrN3O4S. The number of rotatable bonds is 5. The van der Waals surface area contributed by atoms with E-state index < -0.39 is 16.0 Å². The van der Waals surface area contributed by atoms with Gasteiger partial charge < -0.3 is 5.11 Å². The fraction of sp³-hybridized carbons (Fsp3) is 0.0909. The summed E-state index contributed by atoms with van der Waals surface area (Å²) in [5.41, 5.74) is 0.485. The first-order valence-electron chi connectivity index (χ1n) is 5.41. The molecule has 1 heterocycles. The molecule has 0 aliphatic heterocycles. The highest BCUT2D eigenvalue weighted by molar-refractivity contribution is 9.10. The predicted molar refractivity (Wildman–Crippen MR) is 73.7 cm³/mol.